The Hall–Kier alpha value is -1.58. The van der Waals surface area contributed by atoms with Crippen LogP contribution < -0.4 is 15.8 Å². The number of anilines is 1. The van der Waals surface area contributed by atoms with Crippen LogP contribution in [0.4, 0.5) is 14.9 Å². The number of carbonyl (C=O) groups is 1. The number of halogens is 2. The molecule has 0 atom stereocenters. The number of urea groups is 1. The second-order valence-electron chi connectivity index (χ2n) is 4.33. The summed E-state index contributed by atoms with van der Waals surface area (Å²) >= 11 is 5.66. The molecule has 118 valence electrons. The molecule has 0 radical (unpaired) electrons. The van der Waals surface area contributed by atoms with Gasteiger partial charge in [-0.1, -0.05) is 11.6 Å². The van der Waals surface area contributed by atoms with E-state index in [2.05, 4.69) is 10.0 Å². The summed E-state index contributed by atoms with van der Waals surface area (Å²) in [5.74, 6) is -1.07. The largest absolute Gasteiger partial charge is 0.396 e. The Morgan fingerprint density at radius 1 is 1.38 bits per heavy atom. The highest BCUT2D eigenvalue weighted by molar-refractivity contribution is 7.89. The fraction of sp³-hybridized carbons (Fsp3) is 0.364. The van der Waals surface area contributed by atoms with Crippen molar-refractivity contribution in [2.24, 2.45) is 0 Å². The van der Waals surface area contributed by atoms with Crippen LogP contribution in [0.2, 0.25) is 5.02 Å². The standard InChI is InChI=1S/C11H16ClFN4O3S/c1-17(2)11(18)15-3-4-16-21(19,20)9-6-7(12)5-8(14)10(9)13/h5-6,16H,3-4,14H2,1-2H3,(H,15,18). The van der Waals surface area contributed by atoms with E-state index in [1.54, 1.807) is 14.1 Å². The number of nitrogens with zero attached hydrogens (tertiary/aromatic N) is 1. The van der Waals surface area contributed by atoms with Crippen molar-refractivity contribution in [2.75, 3.05) is 32.9 Å². The van der Waals surface area contributed by atoms with Crippen molar-refractivity contribution in [3.8, 4) is 0 Å². The third kappa shape index (κ3) is 4.73. The molecule has 0 unspecified atom stereocenters. The molecule has 4 N–H and O–H groups in total. The van der Waals surface area contributed by atoms with Crippen molar-refractivity contribution in [2.45, 2.75) is 4.90 Å². The average Bonchev–Trinajstić information content (AvgIpc) is 2.38. The molecule has 21 heavy (non-hydrogen) atoms. The Bertz CT molecular complexity index is 637. The van der Waals surface area contributed by atoms with Crippen LogP contribution in [0.25, 0.3) is 0 Å². The number of hydrogen-bond acceptors (Lipinski definition) is 4. The van der Waals surface area contributed by atoms with E-state index in [0.717, 1.165) is 12.1 Å². The molecule has 1 rings (SSSR count). The number of nitrogen functional groups attached to an aromatic ring is 1. The number of rotatable bonds is 5. The Morgan fingerprint density at radius 3 is 2.57 bits per heavy atom. The molecule has 0 heterocycles. The van der Waals surface area contributed by atoms with Gasteiger partial charge in [0.15, 0.2) is 5.82 Å². The summed E-state index contributed by atoms with van der Waals surface area (Å²) in [4.78, 5) is 11.9. The quantitative estimate of drug-likeness (QED) is 0.540. The SMILES string of the molecule is CN(C)C(=O)NCCNS(=O)(=O)c1cc(Cl)cc(N)c1F. The van der Waals surface area contributed by atoms with Gasteiger partial charge in [0.05, 0.1) is 5.69 Å². The Labute approximate surface area is 127 Å². The average molecular weight is 339 g/mol. The Balaban J connectivity index is 2.73. The van der Waals surface area contributed by atoms with Gasteiger partial charge < -0.3 is 16.0 Å². The predicted molar refractivity (Wildman–Crippen MR) is 78.1 cm³/mol. The maximum absolute atomic E-state index is 13.7. The fourth-order valence-corrected chi connectivity index (χ4v) is 2.82. The lowest BCUT2D eigenvalue weighted by atomic mass is 10.3. The Morgan fingerprint density at radius 2 is 2.00 bits per heavy atom. The highest BCUT2D eigenvalue weighted by atomic mass is 35.5. The topological polar surface area (TPSA) is 105 Å². The summed E-state index contributed by atoms with van der Waals surface area (Å²) in [6.45, 7) is -0.0539. The maximum Gasteiger partial charge on any atom is 0.316 e. The molecular formula is C11H16ClFN4O3S. The number of benzene rings is 1. The van der Waals surface area contributed by atoms with Gasteiger partial charge in [-0.25, -0.2) is 22.3 Å². The molecule has 0 aliphatic rings. The Kier molecular flexibility index (Phi) is 5.76. The van der Waals surface area contributed by atoms with E-state index in [4.69, 9.17) is 17.3 Å². The van der Waals surface area contributed by atoms with Crippen molar-refractivity contribution in [1.29, 1.82) is 0 Å². The summed E-state index contributed by atoms with van der Waals surface area (Å²) in [5, 5.41) is 2.47. The third-order valence-corrected chi connectivity index (χ3v) is 4.10. The van der Waals surface area contributed by atoms with E-state index in [1.165, 1.54) is 4.90 Å². The van der Waals surface area contributed by atoms with Gasteiger partial charge in [0.25, 0.3) is 0 Å². The van der Waals surface area contributed by atoms with Gasteiger partial charge in [-0.3, -0.25) is 0 Å². The monoisotopic (exact) mass is 338 g/mol. The molecule has 0 spiro atoms. The van der Waals surface area contributed by atoms with E-state index in [0.29, 0.717) is 0 Å². The van der Waals surface area contributed by atoms with E-state index in [9.17, 15) is 17.6 Å². The van der Waals surface area contributed by atoms with Crippen molar-refractivity contribution in [3.05, 3.63) is 23.0 Å². The maximum atomic E-state index is 13.7. The van der Waals surface area contributed by atoms with Crippen LogP contribution in [0.1, 0.15) is 0 Å². The third-order valence-electron chi connectivity index (χ3n) is 2.42. The zero-order valence-corrected chi connectivity index (χ0v) is 13.1. The molecule has 1 aromatic carbocycles. The van der Waals surface area contributed by atoms with Crippen molar-refractivity contribution in [3.63, 3.8) is 0 Å². The molecule has 0 aliphatic heterocycles. The summed E-state index contributed by atoms with van der Waals surface area (Å²) in [5.41, 5.74) is 4.97. The number of amides is 2. The summed E-state index contributed by atoms with van der Waals surface area (Å²) in [6.07, 6.45) is 0. The molecule has 10 heteroatoms. The van der Waals surface area contributed by atoms with Crippen molar-refractivity contribution < 1.29 is 17.6 Å². The van der Waals surface area contributed by atoms with Crippen LogP contribution in [0.5, 0.6) is 0 Å². The molecule has 0 aromatic heterocycles. The summed E-state index contributed by atoms with van der Waals surface area (Å²) in [6, 6.07) is 1.72. The first kappa shape index (κ1) is 17.5. The number of nitrogens with one attached hydrogen (secondary N) is 2. The van der Waals surface area contributed by atoms with Crippen molar-refractivity contribution in [1.82, 2.24) is 14.9 Å². The van der Waals surface area contributed by atoms with Gasteiger partial charge in [0.2, 0.25) is 10.0 Å². The van der Waals surface area contributed by atoms with Crippen LogP contribution in [0.15, 0.2) is 17.0 Å². The van der Waals surface area contributed by atoms with Gasteiger partial charge in [-0.15, -0.1) is 0 Å². The normalized spacial score (nSPS) is 11.2. The second-order valence-corrected chi connectivity index (χ2v) is 6.50. The predicted octanol–water partition coefficient (Wildman–Crippen LogP) is 0.611. The molecule has 0 fully saturated rings. The van der Waals surface area contributed by atoms with Crippen LogP contribution >= 0.6 is 11.6 Å². The van der Waals surface area contributed by atoms with E-state index < -0.39 is 20.7 Å². The molecule has 7 nitrogen and oxygen atoms in total. The zero-order valence-electron chi connectivity index (χ0n) is 11.5. The molecule has 0 aliphatic carbocycles. The lowest BCUT2D eigenvalue weighted by molar-refractivity contribution is 0.217. The summed E-state index contributed by atoms with van der Waals surface area (Å²) < 4.78 is 39.8. The van der Waals surface area contributed by atoms with Crippen LogP contribution in [0, 0.1) is 5.82 Å². The minimum atomic E-state index is -4.11. The van der Waals surface area contributed by atoms with E-state index in [-0.39, 0.29) is 29.8 Å². The smallest absolute Gasteiger partial charge is 0.316 e. The van der Waals surface area contributed by atoms with Crippen LogP contribution in [0.3, 0.4) is 0 Å². The minimum absolute atomic E-state index is 0.00943. The number of nitrogens with two attached hydrogens (primary N) is 1. The zero-order chi connectivity index (χ0) is 16.2. The first-order chi connectivity index (χ1) is 9.65. The molecular weight excluding hydrogens is 323 g/mol. The van der Waals surface area contributed by atoms with Gasteiger partial charge in [0, 0.05) is 32.2 Å². The minimum Gasteiger partial charge on any atom is -0.396 e. The number of hydrogen-bond donors (Lipinski definition) is 3. The fourth-order valence-electron chi connectivity index (χ4n) is 1.37. The van der Waals surface area contributed by atoms with Gasteiger partial charge in [0.1, 0.15) is 4.90 Å². The van der Waals surface area contributed by atoms with Crippen LogP contribution in [-0.2, 0) is 10.0 Å². The lowest BCUT2D eigenvalue weighted by Gasteiger charge is -2.13. The molecule has 0 bridgehead atoms. The first-order valence-electron chi connectivity index (χ1n) is 5.84. The van der Waals surface area contributed by atoms with E-state index >= 15 is 0 Å². The second kappa shape index (κ2) is 6.92. The van der Waals surface area contributed by atoms with Gasteiger partial charge >= 0.3 is 6.03 Å². The number of carbonyl (C=O) groups excluding carboxylic acids is 1. The highest BCUT2D eigenvalue weighted by Gasteiger charge is 2.21. The first-order valence-corrected chi connectivity index (χ1v) is 7.70. The van der Waals surface area contributed by atoms with E-state index in [1.807, 2.05) is 0 Å². The van der Waals surface area contributed by atoms with Gasteiger partial charge in [-0.2, -0.15) is 0 Å². The van der Waals surface area contributed by atoms with Crippen LogP contribution in [-0.4, -0.2) is 46.5 Å². The lowest BCUT2D eigenvalue weighted by Crippen LogP contribution is -2.39. The molecule has 2 amide bonds. The molecule has 0 saturated carbocycles. The molecule has 0 saturated heterocycles. The van der Waals surface area contributed by atoms with Crippen molar-refractivity contribution >= 4 is 33.3 Å². The van der Waals surface area contributed by atoms with Gasteiger partial charge in [-0.05, 0) is 12.1 Å². The number of sulfonamides is 1. The highest BCUT2D eigenvalue weighted by Crippen LogP contribution is 2.24. The summed E-state index contributed by atoms with van der Waals surface area (Å²) in [7, 11) is -1.02. The molecule has 1 aromatic rings.